The molecule has 30 heavy (non-hydrogen) atoms. The van der Waals surface area contributed by atoms with Crippen molar-refractivity contribution in [2.45, 2.75) is 13.8 Å². The first-order valence-corrected chi connectivity index (χ1v) is 9.97. The number of rotatable bonds is 3. The van der Waals surface area contributed by atoms with Gasteiger partial charge in [-0.05, 0) is 73.6 Å². The van der Waals surface area contributed by atoms with E-state index in [-0.39, 0.29) is 10.7 Å². The summed E-state index contributed by atoms with van der Waals surface area (Å²) in [5.74, 6) is -0.113. The Morgan fingerprint density at radius 2 is 1.83 bits per heavy atom. The molecule has 1 N–H and O–H groups in total. The minimum Gasteiger partial charge on any atom is -0.457 e. The molecule has 1 aromatic heterocycles. The van der Waals surface area contributed by atoms with E-state index in [0.29, 0.717) is 22.2 Å². The van der Waals surface area contributed by atoms with E-state index < -0.39 is 11.8 Å². The molecule has 0 bridgehead atoms. The number of halogens is 1. The number of anilines is 1. The lowest BCUT2D eigenvalue weighted by Crippen LogP contribution is -2.54. The van der Waals surface area contributed by atoms with E-state index in [1.54, 1.807) is 30.3 Å². The highest BCUT2D eigenvalue weighted by Gasteiger charge is 2.35. The fourth-order valence-corrected chi connectivity index (χ4v) is 3.69. The van der Waals surface area contributed by atoms with Crippen molar-refractivity contribution in [3.63, 3.8) is 0 Å². The highest BCUT2D eigenvalue weighted by Crippen LogP contribution is 2.29. The summed E-state index contributed by atoms with van der Waals surface area (Å²) in [5, 5.41) is 3.23. The maximum absolute atomic E-state index is 13.2. The van der Waals surface area contributed by atoms with Gasteiger partial charge in [0.1, 0.15) is 17.1 Å². The first-order chi connectivity index (χ1) is 14.3. The standard InChI is InChI=1S/C23H17ClN2O3S/c1-13-5-3-8-19(14(13)2)26-22(28)18(21(27)25-23(26)30)12-17-9-10-20(29-17)15-6-4-7-16(24)11-15/h3-12H,1-2H3,(H,25,27,30)/b18-12+. The SMILES string of the molecule is Cc1cccc(N2C(=O)/C(=C/c3ccc(-c4cccc(Cl)c4)o3)C(=O)NC2=S)c1C. The Kier molecular flexibility index (Phi) is 5.28. The van der Waals surface area contributed by atoms with Crippen molar-refractivity contribution < 1.29 is 14.0 Å². The fourth-order valence-electron chi connectivity index (χ4n) is 3.22. The molecule has 4 rings (SSSR count). The summed E-state index contributed by atoms with van der Waals surface area (Å²) < 4.78 is 5.82. The average Bonchev–Trinajstić information content (AvgIpc) is 3.17. The van der Waals surface area contributed by atoms with Crippen LogP contribution in [0.5, 0.6) is 0 Å². The van der Waals surface area contributed by atoms with Gasteiger partial charge in [-0.1, -0.05) is 35.9 Å². The summed E-state index contributed by atoms with van der Waals surface area (Å²) in [6.07, 6.45) is 1.42. The van der Waals surface area contributed by atoms with E-state index >= 15 is 0 Å². The maximum atomic E-state index is 13.2. The van der Waals surface area contributed by atoms with E-state index in [0.717, 1.165) is 16.7 Å². The van der Waals surface area contributed by atoms with Crippen LogP contribution in [-0.4, -0.2) is 16.9 Å². The molecular formula is C23H17ClN2O3S. The third-order valence-corrected chi connectivity index (χ3v) is 5.46. The van der Waals surface area contributed by atoms with Crippen LogP contribution >= 0.6 is 23.8 Å². The number of thiocarbonyl (C=S) groups is 1. The summed E-state index contributed by atoms with van der Waals surface area (Å²) in [6.45, 7) is 3.86. The second kappa shape index (κ2) is 7.89. The molecule has 3 aromatic rings. The van der Waals surface area contributed by atoms with Crippen LogP contribution in [0.4, 0.5) is 5.69 Å². The molecule has 0 aliphatic carbocycles. The van der Waals surface area contributed by atoms with Gasteiger partial charge in [0.15, 0.2) is 5.11 Å². The molecule has 1 fully saturated rings. The largest absolute Gasteiger partial charge is 0.457 e. The number of furan rings is 1. The Labute approximate surface area is 183 Å². The molecule has 0 radical (unpaired) electrons. The molecule has 0 unspecified atom stereocenters. The van der Waals surface area contributed by atoms with Crippen molar-refractivity contribution in [3.8, 4) is 11.3 Å². The van der Waals surface area contributed by atoms with Crippen LogP contribution in [-0.2, 0) is 9.59 Å². The Morgan fingerprint density at radius 3 is 2.60 bits per heavy atom. The predicted octanol–water partition coefficient (Wildman–Crippen LogP) is 5.05. The van der Waals surface area contributed by atoms with Gasteiger partial charge >= 0.3 is 0 Å². The van der Waals surface area contributed by atoms with Gasteiger partial charge in [0.2, 0.25) is 0 Å². The fraction of sp³-hybridized carbons (Fsp3) is 0.0870. The van der Waals surface area contributed by atoms with Gasteiger partial charge in [-0.3, -0.25) is 19.8 Å². The number of nitrogens with zero attached hydrogens (tertiary/aromatic N) is 1. The summed E-state index contributed by atoms with van der Waals surface area (Å²) in [7, 11) is 0. The minimum atomic E-state index is -0.563. The van der Waals surface area contributed by atoms with Crippen molar-refractivity contribution in [1.29, 1.82) is 0 Å². The number of carbonyl (C=O) groups excluding carboxylic acids is 2. The van der Waals surface area contributed by atoms with Crippen LogP contribution in [0.25, 0.3) is 17.4 Å². The smallest absolute Gasteiger partial charge is 0.270 e. The highest BCUT2D eigenvalue weighted by molar-refractivity contribution is 7.80. The lowest BCUT2D eigenvalue weighted by atomic mass is 10.0. The molecule has 2 heterocycles. The average molecular weight is 437 g/mol. The summed E-state index contributed by atoms with van der Waals surface area (Å²) in [6, 6.07) is 16.3. The summed E-state index contributed by atoms with van der Waals surface area (Å²) >= 11 is 11.3. The molecule has 5 nitrogen and oxygen atoms in total. The number of hydrogen-bond donors (Lipinski definition) is 1. The number of carbonyl (C=O) groups is 2. The van der Waals surface area contributed by atoms with Crippen LogP contribution in [0.1, 0.15) is 16.9 Å². The molecule has 0 atom stereocenters. The van der Waals surface area contributed by atoms with Gasteiger partial charge in [0.05, 0.1) is 5.69 Å². The molecule has 2 amide bonds. The Balaban J connectivity index is 1.71. The first kappa shape index (κ1) is 20.1. The number of benzene rings is 2. The highest BCUT2D eigenvalue weighted by atomic mass is 35.5. The van der Waals surface area contributed by atoms with Gasteiger partial charge in [-0.15, -0.1) is 0 Å². The molecule has 7 heteroatoms. The number of aryl methyl sites for hydroxylation is 1. The van der Waals surface area contributed by atoms with Crippen LogP contribution in [0.15, 0.2) is 64.6 Å². The van der Waals surface area contributed by atoms with Crippen LogP contribution in [0.2, 0.25) is 5.02 Å². The van der Waals surface area contributed by atoms with Crippen molar-refractivity contribution in [3.05, 3.63) is 82.1 Å². The zero-order valence-corrected chi connectivity index (χ0v) is 17.8. The van der Waals surface area contributed by atoms with E-state index in [1.807, 2.05) is 38.1 Å². The summed E-state index contributed by atoms with van der Waals surface area (Å²) in [4.78, 5) is 27.0. The van der Waals surface area contributed by atoms with E-state index in [4.69, 9.17) is 28.2 Å². The van der Waals surface area contributed by atoms with Crippen molar-refractivity contribution in [1.82, 2.24) is 5.32 Å². The first-order valence-electron chi connectivity index (χ1n) is 9.18. The third-order valence-electron chi connectivity index (χ3n) is 4.94. The second-order valence-corrected chi connectivity index (χ2v) is 7.71. The maximum Gasteiger partial charge on any atom is 0.270 e. The zero-order valence-electron chi connectivity index (χ0n) is 16.2. The number of amides is 2. The van der Waals surface area contributed by atoms with E-state index in [9.17, 15) is 9.59 Å². The molecule has 1 aliphatic rings. The monoisotopic (exact) mass is 436 g/mol. The molecule has 2 aromatic carbocycles. The summed E-state index contributed by atoms with van der Waals surface area (Å²) in [5.41, 5.74) is 3.30. The Hall–Kier alpha value is -3.22. The van der Waals surface area contributed by atoms with Gasteiger partial charge < -0.3 is 4.42 Å². The predicted molar refractivity (Wildman–Crippen MR) is 121 cm³/mol. The van der Waals surface area contributed by atoms with Gasteiger partial charge in [0.25, 0.3) is 11.8 Å². The quantitative estimate of drug-likeness (QED) is 0.354. The minimum absolute atomic E-state index is 0.0508. The van der Waals surface area contributed by atoms with Crippen LogP contribution in [0.3, 0.4) is 0 Å². The zero-order chi connectivity index (χ0) is 21.4. The second-order valence-electron chi connectivity index (χ2n) is 6.89. The molecule has 1 saturated heterocycles. The molecule has 150 valence electrons. The van der Waals surface area contributed by atoms with Crippen molar-refractivity contribution in [2.75, 3.05) is 4.90 Å². The lowest BCUT2D eigenvalue weighted by Gasteiger charge is -2.30. The van der Waals surface area contributed by atoms with Gasteiger partial charge in [-0.2, -0.15) is 0 Å². The molecule has 0 saturated carbocycles. The normalized spacial score (nSPS) is 15.6. The van der Waals surface area contributed by atoms with Crippen molar-refractivity contribution >= 4 is 52.5 Å². The lowest BCUT2D eigenvalue weighted by molar-refractivity contribution is -0.122. The van der Waals surface area contributed by atoms with Crippen LogP contribution in [0, 0.1) is 13.8 Å². The molecule has 1 aliphatic heterocycles. The van der Waals surface area contributed by atoms with Gasteiger partial charge in [0, 0.05) is 10.6 Å². The topological polar surface area (TPSA) is 62.6 Å². The third kappa shape index (κ3) is 3.67. The van der Waals surface area contributed by atoms with Crippen molar-refractivity contribution in [2.24, 2.45) is 0 Å². The Morgan fingerprint density at radius 1 is 1.07 bits per heavy atom. The van der Waals surface area contributed by atoms with Crippen LogP contribution < -0.4 is 10.2 Å². The number of nitrogens with one attached hydrogen (secondary N) is 1. The Bertz CT molecular complexity index is 1230. The number of hydrogen-bond acceptors (Lipinski definition) is 4. The molecule has 0 spiro atoms. The van der Waals surface area contributed by atoms with Gasteiger partial charge in [-0.25, -0.2) is 0 Å². The molecular weight excluding hydrogens is 420 g/mol. The van der Waals surface area contributed by atoms with E-state index in [1.165, 1.54) is 11.0 Å². The van der Waals surface area contributed by atoms with E-state index in [2.05, 4.69) is 5.32 Å².